The van der Waals surface area contributed by atoms with Crippen LogP contribution < -0.4 is 20.7 Å². The van der Waals surface area contributed by atoms with Crippen LogP contribution >= 0.6 is 23.2 Å². The molecule has 2 amide bonds. The van der Waals surface area contributed by atoms with Gasteiger partial charge >= 0.3 is 6.18 Å². The van der Waals surface area contributed by atoms with Gasteiger partial charge < -0.3 is 25.3 Å². The number of carbonyl (C=O) groups excluding carboxylic acids is 2. The summed E-state index contributed by atoms with van der Waals surface area (Å²) in [7, 11) is 1.73. The number of hydrogen-bond donors (Lipinski definition) is 3. The second kappa shape index (κ2) is 11.6. The fraction of sp³-hybridized carbons (Fsp3) is 0.276. The van der Waals surface area contributed by atoms with E-state index in [4.69, 9.17) is 27.9 Å². The van der Waals surface area contributed by atoms with Crippen molar-refractivity contribution in [1.82, 2.24) is 14.9 Å². The van der Waals surface area contributed by atoms with Crippen LogP contribution in [0, 0.1) is 11.2 Å². The molecular formula is C29H25Cl2F4N5O3. The molecule has 1 heterocycles. The Balaban J connectivity index is 1.38. The summed E-state index contributed by atoms with van der Waals surface area (Å²) in [6.45, 7) is 1.92. The van der Waals surface area contributed by atoms with Crippen LogP contribution in [-0.4, -0.2) is 34.1 Å². The quantitative estimate of drug-likeness (QED) is 0.166. The average Bonchev–Trinajstić information content (AvgIpc) is 3.73. The van der Waals surface area contributed by atoms with E-state index in [2.05, 4.69) is 20.9 Å². The summed E-state index contributed by atoms with van der Waals surface area (Å²) < 4.78 is 60.8. The van der Waals surface area contributed by atoms with Gasteiger partial charge in [-0.05, 0) is 61.7 Å². The van der Waals surface area contributed by atoms with Crippen molar-refractivity contribution in [3.8, 4) is 5.75 Å². The van der Waals surface area contributed by atoms with Gasteiger partial charge in [-0.1, -0.05) is 29.3 Å². The lowest BCUT2D eigenvalue weighted by atomic mass is 10.1. The zero-order chi connectivity index (χ0) is 31.1. The van der Waals surface area contributed by atoms with Crippen molar-refractivity contribution in [3.05, 3.63) is 75.5 Å². The van der Waals surface area contributed by atoms with Gasteiger partial charge in [0.05, 0.1) is 38.9 Å². The number of amides is 2. The number of hydrogen-bond acceptors (Lipinski definition) is 5. The molecule has 1 aliphatic carbocycles. The van der Waals surface area contributed by atoms with E-state index in [-0.39, 0.29) is 36.6 Å². The number of fused-ring (bicyclic) bond motifs is 1. The molecule has 226 valence electrons. The molecule has 0 radical (unpaired) electrons. The fourth-order valence-corrected chi connectivity index (χ4v) is 4.92. The van der Waals surface area contributed by atoms with Crippen LogP contribution in [0.25, 0.3) is 11.0 Å². The first kappa shape index (κ1) is 30.4. The normalized spacial score (nSPS) is 14.0. The number of aromatic nitrogens is 2. The molecule has 1 aromatic heterocycles. The highest BCUT2D eigenvalue weighted by atomic mass is 35.5. The summed E-state index contributed by atoms with van der Waals surface area (Å²) in [5, 5.41) is 8.34. The van der Waals surface area contributed by atoms with Crippen molar-refractivity contribution in [2.24, 2.45) is 12.5 Å². The highest BCUT2D eigenvalue weighted by Crippen LogP contribution is 2.57. The maximum atomic E-state index is 13.6. The molecular weight excluding hydrogens is 613 g/mol. The topological polar surface area (TPSA) is 97.3 Å². The highest BCUT2D eigenvalue weighted by Gasteiger charge is 2.68. The van der Waals surface area contributed by atoms with Gasteiger partial charge in [-0.2, -0.15) is 13.2 Å². The molecule has 1 saturated carbocycles. The zero-order valence-electron chi connectivity index (χ0n) is 22.8. The molecule has 4 aromatic rings. The first-order valence-electron chi connectivity index (χ1n) is 13.1. The number of rotatable bonds is 9. The summed E-state index contributed by atoms with van der Waals surface area (Å²) in [6.07, 6.45) is -5.05. The number of nitrogens with one attached hydrogen (secondary N) is 3. The minimum atomic E-state index is -4.60. The summed E-state index contributed by atoms with van der Waals surface area (Å²) in [5.74, 6) is -1.56. The number of imidazole rings is 1. The standard InChI is InChI=1S/C29H25Cl2F4N5O3/c1-3-43-24-13-23-22(12-17(24)25(41)37-16-5-7-20(32)19(31)11-16)39-27(40(23)2)38-21-10-15(4-6-18(21)30)14-36-26(42)28(8-9-28)29(33,34)35/h4-7,10-13H,3,8-9,14H2,1-2H3,(H,36,42)(H,37,41)(H,38,39). The number of halogens is 6. The molecule has 0 atom stereocenters. The second-order valence-electron chi connectivity index (χ2n) is 10.0. The predicted molar refractivity (Wildman–Crippen MR) is 156 cm³/mol. The molecule has 8 nitrogen and oxygen atoms in total. The van der Waals surface area contributed by atoms with E-state index < -0.39 is 29.2 Å². The van der Waals surface area contributed by atoms with Gasteiger partial charge in [-0.15, -0.1) is 0 Å². The van der Waals surface area contributed by atoms with Crippen LogP contribution in [0.4, 0.5) is 34.9 Å². The van der Waals surface area contributed by atoms with Gasteiger partial charge in [-0.3, -0.25) is 9.59 Å². The molecule has 5 rings (SSSR count). The summed E-state index contributed by atoms with van der Waals surface area (Å²) in [6, 6.07) is 11.8. The van der Waals surface area contributed by atoms with Gasteiger partial charge in [0.15, 0.2) is 0 Å². The van der Waals surface area contributed by atoms with Crippen molar-refractivity contribution in [2.45, 2.75) is 32.5 Å². The number of nitrogens with zero attached hydrogens (tertiary/aromatic N) is 2. The van der Waals surface area contributed by atoms with Crippen LogP contribution in [0.3, 0.4) is 0 Å². The number of anilines is 3. The van der Waals surface area contributed by atoms with Crippen LogP contribution in [0.5, 0.6) is 5.75 Å². The van der Waals surface area contributed by atoms with E-state index in [0.29, 0.717) is 44.7 Å². The van der Waals surface area contributed by atoms with Gasteiger partial charge in [0, 0.05) is 25.3 Å². The molecule has 3 aromatic carbocycles. The monoisotopic (exact) mass is 637 g/mol. The SMILES string of the molecule is CCOc1cc2c(cc1C(=O)Nc1ccc(F)c(Cl)c1)nc(Nc1cc(CNC(=O)C3(C(F)(F)F)CC3)ccc1Cl)n2C. The van der Waals surface area contributed by atoms with E-state index in [1.807, 2.05) is 0 Å². The third-order valence-corrected chi connectivity index (χ3v) is 7.78. The van der Waals surface area contributed by atoms with Crippen LogP contribution in [-0.2, 0) is 18.4 Å². The largest absolute Gasteiger partial charge is 0.493 e. The summed E-state index contributed by atoms with van der Waals surface area (Å²) in [5.41, 5.74) is 0.151. The molecule has 0 spiro atoms. The second-order valence-corrected chi connectivity index (χ2v) is 10.9. The van der Waals surface area contributed by atoms with Crippen molar-refractivity contribution in [1.29, 1.82) is 0 Å². The number of benzene rings is 3. The molecule has 14 heteroatoms. The van der Waals surface area contributed by atoms with Gasteiger partial charge in [0.2, 0.25) is 11.9 Å². The van der Waals surface area contributed by atoms with Crippen molar-refractivity contribution < 1.29 is 31.9 Å². The smallest absolute Gasteiger partial charge is 0.403 e. The minimum Gasteiger partial charge on any atom is -0.493 e. The van der Waals surface area contributed by atoms with E-state index in [1.54, 1.807) is 48.9 Å². The Kier molecular flexibility index (Phi) is 8.19. The van der Waals surface area contributed by atoms with Gasteiger partial charge in [0.1, 0.15) is 17.0 Å². The lowest BCUT2D eigenvalue weighted by Crippen LogP contribution is -2.40. The van der Waals surface area contributed by atoms with E-state index in [9.17, 15) is 27.2 Å². The van der Waals surface area contributed by atoms with Crippen LogP contribution in [0.2, 0.25) is 10.0 Å². The first-order valence-corrected chi connectivity index (χ1v) is 13.9. The lowest BCUT2D eigenvalue weighted by molar-refractivity contribution is -0.192. The van der Waals surface area contributed by atoms with Crippen molar-refractivity contribution in [2.75, 3.05) is 17.2 Å². The fourth-order valence-electron chi connectivity index (χ4n) is 4.57. The van der Waals surface area contributed by atoms with Gasteiger partial charge in [0.25, 0.3) is 5.91 Å². The Hall–Kier alpha value is -4.03. The molecule has 3 N–H and O–H groups in total. The molecule has 0 bridgehead atoms. The van der Waals surface area contributed by atoms with Gasteiger partial charge in [-0.25, -0.2) is 9.37 Å². The molecule has 1 fully saturated rings. The molecule has 1 aliphatic rings. The number of aryl methyl sites for hydroxylation is 1. The summed E-state index contributed by atoms with van der Waals surface area (Å²) >= 11 is 12.2. The third-order valence-electron chi connectivity index (χ3n) is 7.16. The molecule has 43 heavy (non-hydrogen) atoms. The number of ether oxygens (including phenoxy) is 1. The maximum Gasteiger partial charge on any atom is 0.403 e. The molecule has 0 aliphatic heterocycles. The Morgan fingerprint density at radius 1 is 1.07 bits per heavy atom. The van der Waals surface area contributed by atoms with Crippen LogP contribution in [0.15, 0.2) is 48.5 Å². The number of alkyl halides is 3. The van der Waals surface area contributed by atoms with E-state index in [1.165, 1.54) is 12.1 Å². The number of carbonyl (C=O) groups is 2. The Labute approximate surface area is 253 Å². The van der Waals surface area contributed by atoms with Crippen molar-refractivity contribution >= 4 is 63.4 Å². The predicted octanol–water partition coefficient (Wildman–Crippen LogP) is 7.37. The Bertz CT molecular complexity index is 1740. The lowest BCUT2D eigenvalue weighted by Gasteiger charge is -2.18. The molecule has 0 unspecified atom stereocenters. The zero-order valence-corrected chi connectivity index (χ0v) is 24.3. The van der Waals surface area contributed by atoms with E-state index in [0.717, 1.165) is 6.07 Å². The highest BCUT2D eigenvalue weighted by molar-refractivity contribution is 6.33. The minimum absolute atomic E-state index is 0.124. The third kappa shape index (κ3) is 6.07. The average molecular weight is 638 g/mol. The Morgan fingerprint density at radius 3 is 2.47 bits per heavy atom. The molecule has 0 saturated heterocycles. The first-order chi connectivity index (χ1) is 20.3. The maximum absolute atomic E-state index is 13.6. The van der Waals surface area contributed by atoms with Crippen molar-refractivity contribution in [3.63, 3.8) is 0 Å². The Morgan fingerprint density at radius 2 is 1.81 bits per heavy atom. The summed E-state index contributed by atoms with van der Waals surface area (Å²) in [4.78, 5) is 30.0. The van der Waals surface area contributed by atoms with E-state index >= 15 is 0 Å². The van der Waals surface area contributed by atoms with Crippen LogP contribution in [0.1, 0.15) is 35.7 Å².